The second kappa shape index (κ2) is 45.8. The molecule has 0 bridgehead atoms. The number of carbonyl (C=O) groups is 5. The number of halogens is 4. The molecule has 0 spiro atoms. The number of nitrogens with one attached hydrogen (secondary N) is 4. The van der Waals surface area contributed by atoms with Gasteiger partial charge >= 0.3 is 84.2 Å². The van der Waals surface area contributed by atoms with Gasteiger partial charge in [0, 0.05) is 78.7 Å². The van der Waals surface area contributed by atoms with Crippen molar-refractivity contribution in [2.24, 2.45) is 35.5 Å². The zero-order valence-corrected chi connectivity index (χ0v) is 67.1. The van der Waals surface area contributed by atoms with Crippen LogP contribution in [0, 0.1) is 35.5 Å². The summed E-state index contributed by atoms with van der Waals surface area (Å²) in [6.45, 7) is 6.33. The molecule has 5 amide bonds. The predicted octanol–water partition coefficient (Wildman–Crippen LogP) is 15.0. The summed E-state index contributed by atoms with van der Waals surface area (Å²) in [5.41, 5.74) is 5.58. The summed E-state index contributed by atoms with van der Waals surface area (Å²) in [7, 11) is -1.45. The van der Waals surface area contributed by atoms with E-state index in [1.165, 1.54) is 63.6 Å². The predicted molar refractivity (Wildman–Crippen MR) is 442 cm³/mol. The van der Waals surface area contributed by atoms with E-state index in [0.29, 0.717) is 117 Å². The zero-order valence-electron chi connectivity index (χ0n) is 58.5. The van der Waals surface area contributed by atoms with Gasteiger partial charge in [0.25, 0.3) is 0 Å². The van der Waals surface area contributed by atoms with Crippen LogP contribution in [-0.4, -0.2) is 146 Å². The summed E-state index contributed by atoms with van der Waals surface area (Å²) in [6.07, 6.45) is 15.0. The Bertz CT molecular complexity index is 4110. The van der Waals surface area contributed by atoms with Crippen LogP contribution in [0.1, 0.15) is 103 Å². The fraction of sp³-hybridized carbons (Fsp3) is 0.397. The third kappa shape index (κ3) is 29.8. The molecule has 0 radical (unpaired) electrons. The molecule has 3 saturated heterocycles. The molecule has 8 aromatic rings. The molecule has 3 saturated carbocycles. The van der Waals surface area contributed by atoms with Crippen molar-refractivity contribution in [3.63, 3.8) is 0 Å². The van der Waals surface area contributed by atoms with Crippen LogP contribution in [0.3, 0.4) is 0 Å². The number of nitrogens with zero attached hydrogens (tertiary/aromatic N) is 8. The average molecular weight is 1870 g/mol. The Balaban J connectivity index is 0.000000184. The normalized spacial score (nSPS) is 15.4. The molecule has 5 aromatic carbocycles. The van der Waals surface area contributed by atoms with E-state index in [2.05, 4.69) is 111 Å². The van der Waals surface area contributed by atoms with Crippen molar-refractivity contribution in [3.05, 3.63) is 187 Å². The SMILES string of the molecule is C.C.O=C(Nc1cc(-c2ccccc2OCC2CC2)ncn1)C1CCN(C(=O)OCc2ccccc2)CC1.O=C(Nc1cc(-c2ccccc2OCC2CC2)ncn1)C1CCNCC1.O=C(Nc1cc(Cl)ncn1)C1CCN(C(=O)OCc2ccccc2)CC1.OB(O)c1ccccc1OCC1CC1.[I][V]([I])[I]. The standard InChI is InChI=1S/C28H30N4O4.C20H24N4O2.C18H19ClN4O3.C10H13BO3.2CH4.3HI.V/c33-27(22-12-14-32(15-13-22)28(34)36-18-20-6-2-1-3-7-20)31-26-16-24(29-19-30-26)23-8-4-5-9-25(23)35-17-21-10-11-21;25-20(15-7-9-21-10-8-15)24-19-11-17(22-13-23-19)16-3-1-2-4-18(16)26-12-14-5-6-14;19-15-10-16(21-12-20-15)22-17(24)14-6-8-23(9-7-14)18(25)26-11-13-4-2-1-3-5-13;12-11(13)9-3-1-2-4-10(9)14-7-8-5-6-8;;;;;;/h1-9,16,19,21-22H,10-15,17-18H2,(H,29,30,31,33);1-4,11,13-15,21H,5-10,12H2,(H,22,23,24,25);1-5,10,12,14H,6-9,11H2,(H,20,21,22,24);1-4,8,12-13H,5-7H2;2*1H4;3*1H;/q;;;;;;;;;+3/p-3. The molecule has 3 aromatic heterocycles. The van der Waals surface area contributed by atoms with Gasteiger partial charge in [0.1, 0.15) is 72.1 Å². The Morgan fingerprint density at radius 2 is 0.806 bits per heavy atom. The second-order valence-corrected chi connectivity index (χ2v) is 62.0. The first-order valence-electron chi connectivity index (χ1n) is 35.5. The van der Waals surface area contributed by atoms with Crippen LogP contribution in [-0.2, 0) is 42.0 Å². The summed E-state index contributed by atoms with van der Waals surface area (Å²) in [6, 6.07) is 46.9. The second-order valence-electron chi connectivity index (χ2n) is 26.3. The van der Waals surface area contributed by atoms with Crippen molar-refractivity contribution in [3.8, 4) is 39.8 Å². The first kappa shape index (κ1) is 86.3. The van der Waals surface area contributed by atoms with Gasteiger partial charge in [-0.3, -0.25) is 14.4 Å². The van der Waals surface area contributed by atoms with Gasteiger partial charge in [0.2, 0.25) is 17.7 Å². The Kier molecular flexibility index (Phi) is 36.6. The number of ether oxygens (including phenoxy) is 5. The number of hydrogen-bond acceptors (Lipinski definition) is 19. The van der Waals surface area contributed by atoms with Crippen LogP contribution in [0.2, 0.25) is 5.15 Å². The van der Waals surface area contributed by atoms with Crippen molar-refractivity contribution < 1.29 is 62.6 Å². The van der Waals surface area contributed by atoms with E-state index in [-0.39, 0.29) is 85.8 Å². The number of anilines is 3. The van der Waals surface area contributed by atoms with Crippen molar-refractivity contribution in [2.45, 2.75) is 105 Å². The number of carbonyl (C=O) groups excluding carboxylic acids is 5. The van der Waals surface area contributed by atoms with E-state index in [4.69, 9.17) is 45.3 Å². The Hall–Kier alpha value is -7.30. The number of rotatable bonds is 22. The van der Waals surface area contributed by atoms with Gasteiger partial charge < -0.3 is 64.8 Å². The summed E-state index contributed by atoms with van der Waals surface area (Å²) in [4.78, 5) is 90.2. The van der Waals surface area contributed by atoms with Crippen molar-refractivity contribution in [1.29, 1.82) is 0 Å². The molecule has 6 fully saturated rings. The van der Waals surface area contributed by atoms with E-state index in [9.17, 15) is 24.0 Å². The first-order valence-corrected chi connectivity index (χ1v) is 49.4. The van der Waals surface area contributed by atoms with Crippen LogP contribution in [0.5, 0.6) is 17.2 Å². The van der Waals surface area contributed by atoms with E-state index >= 15 is 0 Å². The Morgan fingerprint density at radius 3 is 1.19 bits per heavy atom. The van der Waals surface area contributed by atoms with Crippen LogP contribution in [0.15, 0.2) is 171 Å². The van der Waals surface area contributed by atoms with Crippen molar-refractivity contribution in [2.75, 3.05) is 75.0 Å². The summed E-state index contributed by atoms with van der Waals surface area (Å²) >= 11 is 13.2. The number of likely N-dealkylation sites (tertiary alicyclic amines) is 2. The molecule has 6 heterocycles. The molecule has 0 unspecified atom stereocenters. The van der Waals surface area contributed by atoms with Crippen LogP contribution in [0.25, 0.3) is 22.5 Å². The fourth-order valence-electron chi connectivity index (χ4n) is 11.5. The van der Waals surface area contributed by atoms with Crippen LogP contribution in [0.4, 0.5) is 27.0 Å². The Morgan fingerprint density at radius 1 is 0.463 bits per heavy atom. The van der Waals surface area contributed by atoms with Gasteiger partial charge in [0.15, 0.2) is 0 Å². The molecule has 108 heavy (non-hydrogen) atoms. The minimum atomic E-state index is -1.45. The van der Waals surface area contributed by atoms with Crippen LogP contribution >= 0.6 is 71.5 Å². The fourth-order valence-corrected chi connectivity index (χ4v) is 11.6. The molecule has 574 valence electrons. The minimum absolute atomic E-state index is 0. The first-order chi connectivity index (χ1) is 51.6. The molecule has 3 aliphatic heterocycles. The molecular weight excluding hydrogens is 1770 g/mol. The van der Waals surface area contributed by atoms with E-state index in [0.717, 1.165) is 72.0 Å². The molecular formula is C78H94BClI3N12O12V. The summed E-state index contributed by atoms with van der Waals surface area (Å²) in [5.74, 6) is 5.03. The van der Waals surface area contributed by atoms with Gasteiger partial charge in [0.05, 0.1) is 31.2 Å². The van der Waals surface area contributed by atoms with Crippen molar-refractivity contribution >= 4 is 131 Å². The third-order valence-electron chi connectivity index (χ3n) is 18.1. The monoisotopic (exact) mass is 1870 g/mol. The molecule has 30 heteroatoms. The maximum atomic E-state index is 12.9. The van der Waals surface area contributed by atoms with Gasteiger partial charge in [-0.15, -0.1) is 0 Å². The number of para-hydroxylation sites is 3. The van der Waals surface area contributed by atoms with Gasteiger partial charge in [-0.2, -0.15) is 0 Å². The number of amides is 5. The molecule has 14 rings (SSSR count). The number of aromatic nitrogens is 6. The van der Waals surface area contributed by atoms with Crippen LogP contribution < -0.4 is 40.9 Å². The number of hydrogen-bond donors (Lipinski definition) is 6. The maximum absolute atomic E-state index is 12.9. The molecule has 6 N–H and O–H groups in total. The van der Waals surface area contributed by atoms with E-state index < -0.39 is 7.12 Å². The van der Waals surface area contributed by atoms with Gasteiger partial charge in [-0.05, 0) is 149 Å². The number of benzene rings is 5. The van der Waals surface area contributed by atoms with Crippen molar-refractivity contribution in [1.82, 2.24) is 45.0 Å². The number of piperidine rings is 3. The molecule has 3 aliphatic carbocycles. The summed E-state index contributed by atoms with van der Waals surface area (Å²) in [5, 5.41) is 30.3. The van der Waals surface area contributed by atoms with E-state index in [1.807, 2.05) is 121 Å². The molecule has 6 aliphatic rings. The molecule has 24 nitrogen and oxygen atoms in total. The average Bonchev–Trinajstić information content (AvgIpc) is 1.02. The topological polar surface area (TPSA) is 304 Å². The Labute approximate surface area is 675 Å². The van der Waals surface area contributed by atoms with Gasteiger partial charge in [-0.25, -0.2) is 39.5 Å². The third-order valence-corrected chi connectivity index (χ3v) is 18.3. The summed E-state index contributed by atoms with van der Waals surface area (Å²) < 4.78 is 28.2. The van der Waals surface area contributed by atoms with E-state index in [1.54, 1.807) is 34.1 Å². The zero-order chi connectivity index (χ0) is 74.4. The van der Waals surface area contributed by atoms with Gasteiger partial charge in [-0.1, -0.05) is 130 Å². The molecule has 0 atom stereocenters. The quantitative estimate of drug-likeness (QED) is 0.0209.